The Morgan fingerprint density at radius 1 is 1.48 bits per heavy atom. The number of aliphatic carboxylic acids is 1. The molecular weight excluding hydrogens is 266 g/mol. The summed E-state index contributed by atoms with van der Waals surface area (Å²) in [5, 5.41) is 12.6. The number of carbonyl (C=O) groups is 1. The molecule has 21 heavy (non-hydrogen) atoms. The smallest absolute Gasteiger partial charge is 0.306 e. The van der Waals surface area contributed by atoms with Crippen molar-refractivity contribution >= 4 is 11.7 Å². The van der Waals surface area contributed by atoms with E-state index in [4.69, 9.17) is 9.84 Å². The highest BCUT2D eigenvalue weighted by Gasteiger charge is 2.26. The number of carboxylic acids is 1. The molecule has 3 atom stereocenters. The molecule has 3 unspecified atom stereocenters. The normalized spacial score (nSPS) is 23.3. The zero-order valence-electron chi connectivity index (χ0n) is 12.8. The van der Waals surface area contributed by atoms with Gasteiger partial charge in [-0.25, -0.2) is 0 Å². The molecule has 1 aliphatic carbocycles. The molecule has 0 aliphatic heterocycles. The topological polar surface area (TPSA) is 58.6 Å². The van der Waals surface area contributed by atoms with E-state index in [9.17, 15) is 4.79 Å². The molecular formula is C17H25NO3. The van der Waals surface area contributed by atoms with Crippen molar-refractivity contribution in [1.82, 2.24) is 0 Å². The van der Waals surface area contributed by atoms with Crippen LogP contribution < -0.4 is 10.1 Å². The minimum atomic E-state index is -0.671. The molecule has 1 saturated carbocycles. The highest BCUT2D eigenvalue weighted by atomic mass is 16.5. The molecule has 1 aromatic rings. The molecule has 2 rings (SSSR count). The van der Waals surface area contributed by atoms with Gasteiger partial charge in [0.2, 0.25) is 0 Å². The van der Waals surface area contributed by atoms with Crippen LogP contribution >= 0.6 is 0 Å². The third kappa shape index (κ3) is 4.66. The van der Waals surface area contributed by atoms with E-state index in [-0.39, 0.29) is 18.1 Å². The van der Waals surface area contributed by atoms with Crippen LogP contribution in [-0.4, -0.2) is 23.2 Å². The van der Waals surface area contributed by atoms with E-state index in [2.05, 4.69) is 19.2 Å². The van der Waals surface area contributed by atoms with Gasteiger partial charge in [0.1, 0.15) is 5.75 Å². The van der Waals surface area contributed by atoms with Crippen LogP contribution in [0.5, 0.6) is 5.75 Å². The minimum absolute atomic E-state index is 0.200. The first kappa shape index (κ1) is 15.7. The molecule has 4 heteroatoms. The predicted octanol–water partition coefficient (Wildman–Crippen LogP) is 3.92. The summed E-state index contributed by atoms with van der Waals surface area (Å²) < 4.78 is 5.82. The van der Waals surface area contributed by atoms with E-state index in [0.29, 0.717) is 6.42 Å². The average Bonchev–Trinajstić information content (AvgIpc) is 2.47. The summed E-state index contributed by atoms with van der Waals surface area (Å²) in [4.78, 5) is 11.1. The summed E-state index contributed by atoms with van der Waals surface area (Å²) in [7, 11) is 0. The van der Waals surface area contributed by atoms with Gasteiger partial charge in [-0.05, 0) is 44.7 Å². The fourth-order valence-corrected chi connectivity index (χ4v) is 2.76. The molecule has 2 N–H and O–H groups in total. The number of nitrogens with one attached hydrogen (secondary N) is 1. The molecule has 0 saturated heterocycles. The SMILES string of the molecule is CCC(C)Oc1cccc(NC2CCCC(C(=O)O)C2)c1. The molecule has 4 nitrogen and oxygen atoms in total. The van der Waals surface area contributed by atoms with Gasteiger partial charge in [0.05, 0.1) is 12.0 Å². The van der Waals surface area contributed by atoms with E-state index in [1.165, 1.54) is 0 Å². The Morgan fingerprint density at radius 2 is 2.29 bits per heavy atom. The lowest BCUT2D eigenvalue weighted by molar-refractivity contribution is -0.142. The Morgan fingerprint density at radius 3 is 3.00 bits per heavy atom. The number of ether oxygens (including phenoxy) is 1. The van der Waals surface area contributed by atoms with Gasteiger partial charge in [0.15, 0.2) is 0 Å². The second-order valence-corrected chi connectivity index (χ2v) is 5.91. The van der Waals surface area contributed by atoms with Gasteiger partial charge in [-0.15, -0.1) is 0 Å². The molecule has 116 valence electrons. The molecule has 0 aromatic heterocycles. The highest BCUT2D eigenvalue weighted by Crippen LogP contribution is 2.28. The Kier molecular flexibility index (Phi) is 5.48. The molecule has 1 aliphatic rings. The monoisotopic (exact) mass is 291 g/mol. The maximum Gasteiger partial charge on any atom is 0.306 e. The van der Waals surface area contributed by atoms with Gasteiger partial charge in [-0.1, -0.05) is 19.4 Å². The van der Waals surface area contributed by atoms with E-state index in [1.54, 1.807) is 0 Å². The van der Waals surface area contributed by atoms with Crippen molar-refractivity contribution in [2.75, 3.05) is 5.32 Å². The number of hydrogen-bond acceptors (Lipinski definition) is 3. The Hall–Kier alpha value is -1.71. The van der Waals surface area contributed by atoms with Crippen LogP contribution in [0.15, 0.2) is 24.3 Å². The molecule has 1 aromatic carbocycles. The second-order valence-electron chi connectivity index (χ2n) is 5.91. The van der Waals surface area contributed by atoms with Crippen molar-refractivity contribution in [3.63, 3.8) is 0 Å². The zero-order valence-corrected chi connectivity index (χ0v) is 12.8. The molecule has 1 fully saturated rings. The number of benzene rings is 1. The third-order valence-electron chi connectivity index (χ3n) is 4.14. The fraction of sp³-hybridized carbons (Fsp3) is 0.588. The molecule has 0 amide bonds. The Labute approximate surface area is 126 Å². The maximum atomic E-state index is 11.1. The lowest BCUT2D eigenvalue weighted by atomic mass is 9.85. The van der Waals surface area contributed by atoms with Crippen molar-refractivity contribution in [1.29, 1.82) is 0 Å². The van der Waals surface area contributed by atoms with Crippen LogP contribution in [0.1, 0.15) is 46.0 Å². The lowest BCUT2D eigenvalue weighted by Crippen LogP contribution is -2.30. The fourth-order valence-electron chi connectivity index (χ4n) is 2.76. The highest BCUT2D eigenvalue weighted by molar-refractivity contribution is 5.70. The van der Waals surface area contributed by atoms with E-state index >= 15 is 0 Å². The number of anilines is 1. The summed E-state index contributed by atoms with van der Waals surface area (Å²) in [5.74, 6) is -0.0221. The zero-order chi connectivity index (χ0) is 15.2. The van der Waals surface area contributed by atoms with Crippen molar-refractivity contribution in [3.8, 4) is 5.75 Å². The lowest BCUT2D eigenvalue weighted by Gasteiger charge is -2.28. The average molecular weight is 291 g/mol. The third-order valence-corrected chi connectivity index (χ3v) is 4.14. The van der Waals surface area contributed by atoms with Crippen molar-refractivity contribution in [3.05, 3.63) is 24.3 Å². The van der Waals surface area contributed by atoms with Crippen LogP contribution in [0.3, 0.4) is 0 Å². The van der Waals surface area contributed by atoms with Gasteiger partial charge in [-0.3, -0.25) is 4.79 Å². The summed E-state index contributed by atoms with van der Waals surface area (Å²) in [6, 6.07) is 8.17. The largest absolute Gasteiger partial charge is 0.491 e. The predicted molar refractivity (Wildman–Crippen MR) is 83.8 cm³/mol. The van der Waals surface area contributed by atoms with E-state index in [0.717, 1.165) is 37.1 Å². The van der Waals surface area contributed by atoms with Gasteiger partial charge in [-0.2, -0.15) is 0 Å². The first-order valence-electron chi connectivity index (χ1n) is 7.84. The quantitative estimate of drug-likeness (QED) is 0.834. The maximum absolute atomic E-state index is 11.1. The Balaban J connectivity index is 1.96. The van der Waals surface area contributed by atoms with Crippen LogP contribution in [0, 0.1) is 5.92 Å². The van der Waals surface area contributed by atoms with Gasteiger partial charge in [0.25, 0.3) is 0 Å². The number of carboxylic acid groups (broad SMARTS) is 1. The minimum Gasteiger partial charge on any atom is -0.491 e. The van der Waals surface area contributed by atoms with Gasteiger partial charge >= 0.3 is 5.97 Å². The first-order chi connectivity index (χ1) is 10.1. The first-order valence-corrected chi connectivity index (χ1v) is 7.84. The summed E-state index contributed by atoms with van der Waals surface area (Å²) in [5.41, 5.74) is 1.01. The van der Waals surface area contributed by atoms with Crippen LogP contribution in [0.4, 0.5) is 5.69 Å². The van der Waals surface area contributed by atoms with Crippen LogP contribution in [0.2, 0.25) is 0 Å². The van der Waals surface area contributed by atoms with Crippen LogP contribution in [0.25, 0.3) is 0 Å². The van der Waals surface area contributed by atoms with E-state index < -0.39 is 5.97 Å². The molecule has 0 radical (unpaired) electrons. The summed E-state index contributed by atoms with van der Waals surface area (Å²) in [6.07, 6.45) is 4.67. The van der Waals surface area contributed by atoms with Crippen molar-refractivity contribution in [2.45, 2.75) is 58.1 Å². The Bertz CT molecular complexity index is 475. The molecule has 0 spiro atoms. The van der Waals surface area contributed by atoms with Gasteiger partial charge < -0.3 is 15.2 Å². The second kappa shape index (κ2) is 7.34. The summed E-state index contributed by atoms with van der Waals surface area (Å²) in [6.45, 7) is 4.15. The summed E-state index contributed by atoms with van der Waals surface area (Å²) >= 11 is 0. The molecule has 0 heterocycles. The standard InChI is InChI=1S/C17H25NO3/c1-3-12(2)21-16-9-5-8-15(11-16)18-14-7-4-6-13(10-14)17(19)20/h5,8-9,11-14,18H,3-4,6-7,10H2,1-2H3,(H,19,20). The number of rotatable bonds is 6. The molecule has 0 bridgehead atoms. The van der Waals surface area contributed by atoms with Crippen molar-refractivity contribution in [2.24, 2.45) is 5.92 Å². The van der Waals surface area contributed by atoms with Crippen LogP contribution in [-0.2, 0) is 4.79 Å². The number of hydrogen-bond donors (Lipinski definition) is 2. The van der Waals surface area contributed by atoms with E-state index in [1.807, 2.05) is 24.3 Å². The van der Waals surface area contributed by atoms with Crippen molar-refractivity contribution < 1.29 is 14.6 Å². The van der Waals surface area contributed by atoms with Gasteiger partial charge in [0, 0.05) is 17.8 Å².